The number of nitrogens with one attached hydrogen (secondary N) is 1. The van der Waals surface area contributed by atoms with Crippen LogP contribution in [0.4, 0.5) is 0 Å². The van der Waals surface area contributed by atoms with Gasteiger partial charge >= 0.3 is 0 Å². The molecule has 0 aromatic heterocycles. The highest BCUT2D eigenvalue weighted by molar-refractivity contribution is 5.97. The van der Waals surface area contributed by atoms with Crippen molar-refractivity contribution in [2.24, 2.45) is 5.92 Å². The lowest BCUT2D eigenvalue weighted by molar-refractivity contribution is -0.121. The van der Waals surface area contributed by atoms with E-state index in [1.165, 1.54) is 5.56 Å². The van der Waals surface area contributed by atoms with E-state index >= 15 is 0 Å². The quantitative estimate of drug-likeness (QED) is 0.746. The number of Topliss-reactive ketones (excluding diaryl/α,β-unsaturated/α-hetero) is 1. The van der Waals surface area contributed by atoms with E-state index in [-0.39, 0.29) is 24.8 Å². The van der Waals surface area contributed by atoms with Crippen molar-refractivity contribution < 1.29 is 9.59 Å². The molecule has 1 amide bonds. The second-order valence-corrected chi connectivity index (χ2v) is 5.84. The first-order valence-electron chi connectivity index (χ1n) is 7.49. The lowest BCUT2D eigenvalue weighted by Gasteiger charge is -2.16. The van der Waals surface area contributed by atoms with Crippen LogP contribution in [0.3, 0.4) is 0 Å². The fourth-order valence-corrected chi connectivity index (χ4v) is 1.94. The zero-order chi connectivity index (χ0) is 15.8. The van der Waals surface area contributed by atoms with Crippen molar-refractivity contribution in [3.63, 3.8) is 0 Å². The SMILES string of the molecule is CCc1ccc(C(=O)CN(C)CC(=O)NCC(C)C)cc1. The Balaban J connectivity index is 2.44. The van der Waals surface area contributed by atoms with Crippen LogP contribution in [0.2, 0.25) is 0 Å². The molecule has 21 heavy (non-hydrogen) atoms. The van der Waals surface area contributed by atoms with Crippen LogP contribution in [-0.4, -0.2) is 43.3 Å². The van der Waals surface area contributed by atoms with E-state index in [2.05, 4.69) is 12.2 Å². The molecule has 0 spiro atoms. The number of carbonyl (C=O) groups excluding carboxylic acids is 2. The van der Waals surface area contributed by atoms with E-state index in [1.54, 1.807) is 11.9 Å². The van der Waals surface area contributed by atoms with E-state index in [0.717, 1.165) is 6.42 Å². The molecule has 0 aliphatic rings. The summed E-state index contributed by atoms with van der Waals surface area (Å²) in [7, 11) is 1.78. The maximum Gasteiger partial charge on any atom is 0.234 e. The number of likely N-dealkylation sites (N-methyl/N-ethyl adjacent to an activating group) is 1. The number of hydrogen-bond acceptors (Lipinski definition) is 3. The van der Waals surface area contributed by atoms with Crippen LogP contribution < -0.4 is 5.32 Å². The first kappa shape index (κ1) is 17.4. The molecule has 0 unspecified atom stereocenters. The summed E-state index contributed by atoms with van der Waals surface area (Å²) in [6.45, 7) is 7.34. The minimum absolute atomic E-state index is 0.0387. The van der Waals surface area contributed by atoms with Crippen LogP contribution >= 0.6 is 0 Å². The molecule has 0 atom stereocenters. The normalized spacial score (nSPS) is 11.0. The fraction of sp³-hybridized carbons (Fsp3) is 0.529. The van der Waals surface area contributed by atoms with E-state index in [9.17, 15) is 9.59 Å². The van der Waals surface area contributed by atoms with Crippen LogP contribution in [0.5, 0.6) is 0 Å². The van der Waals surface area contributed by atoms with Crippen LogP contribution in [-0.2, 0) is 11.2 Å². The summed E-state index contributed by atoms with van der Waals surface area (Å²) in [4.78, 5) is 25.6. The second kappa shape index (κ2) is 8.57. The smallest absolute Gasteiger partial charge is 0.234 e. The van der Waals surface area contributed by atoms with E-state index in [1.807, 2.05) is 38.1 Å². The number of nitrogens with zero attached hydrogens (tertiary/aromatic N) is 1. The van der Waals surface area contributed by atoms with Crippen molar-refractivity contribution in [3.05, 3.63) is 35.4 Å². The standard InChI is InChI=1S/C17H26N2O2/c1-5-14-6-8-15(9-7-14)16(20)11-19(4)12-17(21)18-10-13(2)3/h6-9,13H,5,10-12H2,1-4H3,(H,18,21). The van der Waals surface area contributed by atoms with Crippen LogP contribution in [0.1, 0.15) is 36.7 Å². The van der Waals surface area contributed by atoms with Crippen molar-refractivity contribution >= 4 is 11.7 Å². The third-order valence-electron chi connectivity index (χ3n) is 3.22. The predicted molar refractivity (Wildman–Crippen MR) is 85.5 cm³/mol. The third kappa shape index (κ3) is 6.54. The second-order valence-electron chi connectivity index (χ2n) is 5.84. The van der Waals surface area contributed by atoms with Crippen molar-refractivity contribution in [2.45, 2.75) is 27.2 Å². The zero-order valence-electron chi connectivity index (χ0n) is 13.5. The summed E-state index contributed by atoms with van der Waals surface area (Å²) in [5.41, 5.74) is 1.91. The maximum atomic E-state index is 12.1. The first-order chi connectivity index (χ1) is 9.92. The fourth-order valence-electron chi connectivity index (χ4n) is 1.94. The predicted octanol–water partition coefficient (Wildman–Crippen LogP) is 2.14. The molecule has 4 heteroatoms. The Bertz CT molecular complexity index is 466. The van der Waals surface area contributed by atoms with E-state index in [4.69, 9.17) is 0 Å². The monoisotopic (exact) mass is 290 g/mol. The number of aryl methyl sites for hydroxylation is 1. The van der Waals surface area contributed by atoms with Crippen LogP contribution in [0.25, 0.3) is 0 Å². The first-order valence-corrected chi connectivity index (χ1v) is 7.49. The molecule has 0 saturated heterocycles. The maximum absolute atomic E-state index is 12.1. The molecule has 4 nitrogen and oxygen atoms in total. The summed E-state index contributed by atoms with van der Waals surface area (Å²) in [6, 6.07) is 7.66. The molecule has 0 bridgehead atoms. The molecule has 0 saturated carbocycles. The Labute approximate surface area is 127 Å². The van der Waals surface area contributed by atoms with Gasteiger partial charge in [0.25, 0.3) is 0 Å². The summed E-state index contributed by atoms with van der Waals surface area (Å²) >= 11 is 0. The van der Waals surface area contributed by atoms with Gasteiger partial charge in [-0.15, -0.1) is 0 Å². The summed E-state index contributed by atoms with van der Waals surface area (Å²) in [6.07, 6.45) is 0.963. The number of amides is 1. The average molecular weight is 290 g/mol. The molecular weight excluding hydrogens is 264 g/mol. The highest BCUT2D eigenvalue weighted by atomic mass is 16.2. The summed E-state index contributed by atoms with van der Waals surface area (Å²) in [5.74, 6) is 0.426. The minimum Gasteiger partial charge on any atom is -0.355 e. The highest BCUT2D eigenvalue weighted by Crippen LogP contribution is 2.06. The van der Waals surface area contributed by atoms with Gasteiger partial charge < -0.3 is 5.32 Å². The highest BCUT2D eigenvalue weighted by Gasteiger charge is 2.12. The molecular formula is C17H26N2O2. The third-order valence-corrected chi connectivity index (χ3v) is 3.22. The molecule has 0 aliphatic heterocycles. The van der Waals surface area contributed by atoms with Crippen molar-refractivity contribution in [1.82, 2.24) is 10.2 Å². The molecule has 0 aliphatic carbocycles. The Morgan fingerprint density at radius 3 is 2.29 bits per heavy atom. The molecule has 0 fully saturated rings. The average Bonchev–Trinajstić information content (AvgIpc) is 2.45. The van der Waals surface area contributed by atoms with Gasteiger partial charge in [0, 0.05) is 12.1 Å². The summed E-state index contributed by atoms with van der Waals surface area (Å²) in [5, 5.41) is 2.85. The Morgan fingerprint density at radius 1 is 1.14 bits per heavy atom. The molecule has 0 radical (unpaired) electrons. The molecule has 116 valence electrons. The number of carbonyl (C=O) groups is 2. The summed E-state index contributed by atoms with van der Waals surface area (Å²) < 4.78 is 0. The topological polar surface area (TPSA) is 49.4 Å². The van der Waals surface area contributed by atoms with Gasteiger partial charge in [0.05, 0.1) is 13.1 Å². The van der Waals surface area contributed by atoms with Gasteiger partial charge in [-0.3, -0.25) is 14.5 Å². The number of rotatable bonds is 8. The van der Waals surface area contributed by atoms with Crippen molar-refractivity contribution in [1.29, 1.82) is 0 Å². The Morgan fingerprint density at radius 2 is 1.76 bits per heavy atom. The lowest BCUT2D eigenvalue weighted by Crippen LogP contribution is -2.38. The van der Waals surface area contributed by atoms with Crippen molar-refractivity contribution in [3.8, 4) is 0 Å². The van der Waals surface area contributed by atoms with Gasteiger partial charge in [0.15, 0.2) is 5.78 Å². The van der Waals surface area contributed by atoms with Crippen molar-refractivity contribution in [2.75, 3.05) is 26.7 Å². The number of benzene rings is 1. The van der Waals surface area contributed by atoms with Gasteiger partial charge in [0.2, 0.25) is 5.91 Å². The minimum atomic E-state index is -0.0414. The van der Waals surface area contributed by atoms with Gasteiger partial charge in [-0.05, 0) is 24.9 Å². The molecule has 1 aromatic carbocycles. The Kier molecular flexibility index (Phi) is 7.09. The van der Waals surface area contributed by atoms with Gasteiger partial charge in [0.1, 0.15) is 0 Å². The van der Waals surface area contributed by atoms with Gasteiger partial charge in [-0.25, -0.2) is 0 Å². The lowest BCUT2D eigenvalue weighted by atomic mass is 10.1. The van der Waals surface area contributed by atoms with Crippen LogP contribution in [0.15, 0.2) is 24.3 Å². The van der Waals surface area contributed by atoms with Crippen LogP contribution in [0, 0.1) is 5.92 Å². The zero-order valence-corrected chi connectivity index (χ0v) is 13.5. The van der Waals surface area contributed by atoms with E-state index < -0.39 is 0 Å². The molecule has 1 aromatic rings. The Hall–Kier alpha value is -1.68. The van der Waals surface area contributed by atoms with Gasteiger partial charge in [-0.1, -0.05) is 45.0 Å². The van der Waals surface area contributed by atoms with Gasteiger partial charge in [-0.2, -0.15) is 0 Å². The number of ketones is 1. The van der Waals surface area contributed by atoms with E-state index in [0.29, 0.717) is 18.0 Å². The largest absolute Gasteiger partial charge is 0.355 e. The molecule has 1 N–H and O–H groups in total. The number of hydrogen-bond donors (Lipinski definition) is 1. The molecule has 1 rings (SSSR count). The molecule has 0 heterocycles.